The Balaban J connectivity index is 1.35. The smallest absolute Gasteiger partial charge is 0.246 e. The minimum absolute atomic E-state index is 0.0255. The van der Waals surface area contributed by atoms with Gasteiger partial charge in [0, 0.05) is 18.4 Å². The molecule has 0 aliphatic heterocycles. The molecule has 1 N–H and O–H groups in total. The van der Waals surface area contributed by atoms with Crippen molar-refractivity contribution in [1.82, 2.24) is 14.9 Å². The van der Waals surface area contributed by atoms with Crippen LogP contribution >= 0.6 is 0 Å². The van der Waals surface area contributed by atoms with E-state index in [4.69, 9.17) is 0 Å². The van der Waals surface area contributed by atoms with Crippen molar-refractivity contribution in [3.63, 3.8) is 0 Å². The van der Waals surface area contributed by atoms with Gasteiger partial charge < -0.3 is 4.90 Å². The molecule has 0 aromatic carbocycles. The van der Waals surface area contributed by atoms with Gasteiger partial charge in [-0.15, -0.1) is 0 Å². The molecule has 2 amide bonds. The first-order chi connectivity index (χ1) is 13.8. The van der Waals surface area contributed by atoms with Crippen LogP contribution < -0.4 is 5.32 Å². The summed E-state index contributed by atoms with van der Waals surface area (Å²) in [5.74, 6) is -1.86. The van der Waals surface area contributed by atoms with Crippen LogP contribution in [0.2, 0.25) is 0 Å². The fraction of sp³-hybridized carbons (Fsp3) is 0.700. The van der Waals surface area contributed by atoms with Crippen LogP contribution in [0.5, 0.6) is 0 Å². The number of anilines is 1. The van der Waals surface area contributed by atoms with Gasteiger partial charge in [0.1, 0.15) is 11.8 Å². The van der Waals surface area contributed by atoms with E-state index in [0.717, 1.165) is 12.4 Å². The average Bonchev–Trinajstić information content (AvgIpc) is 3.62. The van der Waals surface area contributed by atoms with Crippen molar-refractivity contribution in [1.29, 1.82) is 0 Å². The molecule has 6 nitrogen and oxygen atoms in total. The lowest BCUT2D eigenvalue weighted by Crippen LogP contribution is -2.44. The Morgan fingerprint density at radius 2 is 1.79 bits per heavy atom. The zero-order chi connectivity index (χ0) is 20.6. The minimum atomic E-state index is -1.03. The van der Waals surface area contributed by atoms with E-state index in [1.807, 2.05) is 0 Å². The Morgan fingerprint density at radius 1 is 1.17 bits per heavy atom. The highest BCUT2D eigenvalue weighted by atomic mass is 19.1. The maximum Gasteiger partial charge on any atom is 0.246 e. The number of carbonyl (C=O) groups excluding carboxylic acids is 2. The fourth-order valence-corrected chi connectivity index (χ4v) is 4.27. The number of amides is 2. The summed E-state index contributed by atoms with van der Waals surface area (Å²) in [6.45, 7) is -0.0551. The minimum Gasteiger partial charge on any atom is -0.333 e. The first-order valence-electron chi connectivity index (χ1n) is 10.2. The van der Waals surface area contributed by atoms with E-state index in [2.05, 4.69) is 15.3 Å². The molecule has 0 saturated heterocycles. The van der Waals surface area contributed by atoms with Crippen LogP contribution in [0.3, 0.4) is 0 Å². The SMILES string of the molecule is O=C(CN(CC1C[C@@H]1F)C(=O)C1CCC(C2(F)CC2)CC1)Nc1ncc(F)cn1. The van der Waals surface area contributed by atoms with Gasteiger partial charge in [-0.3, -0.25) is 14.9 Å². The summed E-state index contributed by atoms with van der Waals surface area (Å²) in [5, 5.41) is 2.43. The molecule has 1 aromatic rings. The summed E-state index contributed by atoms with van der Waals surface area (Å²) in [6, 6.07) is 0. The molecular formula is C20H25F3N4O2. The molecule has 0 radical (unpaired) electrons. The van der Waals surface area contributed by atoms with Crippen LogP contribution in [0.4, 0.5) is 19.1 Å². The van der Waals surface area contributed by atoms with Gasteiger partial charge in [-0.1, -0.05) is 0 Å². The Morgan fingerprint density at radius 3 is 2.34 bits per heavy atom. The lowest BCUT2D eigenvalue weighted by Gasteiger charge is -2.33. The van der Waals surface area contributed by atoms with Gasteiger partial charge in [-0.2, -0.15) is 0 Å². The van der Waals surface area contributed by atoms with Gasteiger partial charge in [0.25, 0.3) is 0 Å². The summed E-state index contributed by atoms with van der Waals surface area (Å²) in [4.78, 5) is 34.1. The molecule has 4 rings (SSSR count). The summed E-state index contributed by atoms with van der Waals surface area (Å²) in [6.07, 6.45) is 5.09. The average molecular weight is 410 g/mol. The molecule has 158 valence electrons. The van der Waals surface area contributed by atoms with Crippen molar-refractivity contribution in [2.24, 2.45) is 17.8 Å². The van der Waals surface area contributed by atoms with Crippen LogP contribution in [0.1, 0.15) is 44.9 Å². The van der Waals surface area contributed by atoms with E-state index in [9.17, 15) is 22.8 Å². The van der Waals surface area contributed by atoms with Gasteiger partial charge in [0.2, 0.25) is 17.8 Å². The normalized spacial score (nSPS) is 29.8. The second-order valence-corrected chi connectivity index (χ2v) is 8.59. The van der Waals surface area contributed by atoms with E-state index < -0.39 is 23.6 Å². The van der Waals surface area contributed by atoms with Crippen LogP contribution in [-0.4, -0.2) is 51.6 Å². The molecule has 3 aliphatic carbocycles. The fourth-order valence-electron chi connectivity index (χ4n) is 4.27. The third-order valence-corrected chi connectivity index (χ3v) is 6.34. The third-order valence-electron chi connectivity index (χ3n) is 6.34. The van der Waals surface area contributed by atoms with Gasteiger partial charge in [-0.25, -0.2) is 23.1 Å². The molecule has 9 heteroatoms. The molecule has 3 saturated carbocycles. The second-order valence-electron chi connectivity index (χ2n) is 8.59. The highest BCUT2D eigenvalue weighted by Gasteiger charge is 2.51. The molecule has 1 heterocycles. The number of hydrogen-bond acceptors (Lipinski definition) is 4. The van der Waals surface area contributed by atoms with Crippen molar-refractivity contribution in [3.8, 4) is 0 Å². The third kappa shape index (κ3) is 4.87. The van der Waals surface area contributed by atoms with E-state index in [-0.39, 0.29) is 42.7 Å². The topological polar surface area (TPSA) is 75.2 Å². The van der Waals surface area contributed by atoms with E-state index in [1.165, 1.54) is 4.90 Å². The molecule has 1 aromatic heterocycles. The Bertz CT molecular complexity index is 763. The van der Waals surface area contributed by atoms with Gasteiger partial charge in [0.05, 0.1) is 18.9 Å². The van der Waals surface area contributed by atoms with Crippen molar-refractivity contribution < 1.29 is 22.8 Å². The number of carbonyl (C=O) groups is 2. The number of alkyl halides is 2. The highest BCUT2D eigenvalue weighted by molar-refractivity contribution is 5.93. The zero-order valence-corrected chi connectivity index (χ0v) is 16.1. The van der Waals surface area contributed by atoms with E-state index in [1.54, 1.807) is 0 Å². The highest BCUT2D eigenvalue weighted by Crippen LogP contribution is 2.52. The molecule has 0 spiro atoms. The number of aromatic nitrogens is 2. The van der Waals surface area contributed by atoms with Crippen molar-refractivity contribution in [3.05, 3.63) is 18.2 Å². The van der Waals surface area contributed by atoms with Crippen molar-refractivity contribution in [2.75, 3.05) is 18.4 Å². The lowest BCUT2D eigenvalue weighted by atomic mass is 9.78. The molecule has 2 atom stereocenters. The number of rotatable bonds is 7. The van der Waals surface area contributed by atoms with Gasteiger partial charge in [0.15, 0.2) is 5.82 Å². The van der Waals surface area contributed by atoms with Crippen LogP contribution in [-0.2, 0) is 9.59 Å². The lowest BCUT2D eigenvalue weighted by molar-refractivity contribution is -0.140. The van der Waals surface area contributed by atoms with Gasteiger partial charge >= 0.3 is 0 Å². The first-order valence-corrected chi connectivity index (χ1v) is 10.2. The largest absolute Gasteiger partial charge is 0.333 e. The number of nitrogens with one attached hydrogen (secondary N) is 1. The molecule has 3 fully saturated rings. The predicted molar refractivity (Wildman–Crippen MR) is 98.7 cm³/mol. The molecular weight excluding hydrogens is 385 g/mol. The molecule has 29 heavy (non-hydrogen) atoms. The zero-order valence-electron chi connectivity index (χ0n) is 16.1. The quantitative estimate of drug-likeness (QED) is 0.750. The summed E-state index contributed by atoms with van der Waals surface area (Å²) in [5.41, 5.74) is -1.03. The Hall–Kier alpha value is -2.19. The number of nitrogens with zero attached hydrogens (tertiary/aromatic N) is 3. The maximum atomic E-state index is 14.3. The van der Waals surface area contributed by atoms with Gasteiger partial charge in [-0.05, 0) is 50.9 Å². The molecule has 1 unspecified atom stereocenters. The number of halogens is 3. The standard InChI is InChI=1S/C20H25F3N4O2/c21-15-8-24-19(25-9-15)26-17(28)11-27(10-13-7-16(13)22)18(29)12-1-3-14(4-2-12)20(23)5-6-20/h8-9,12-14,16H,1-7,10-11H2,(H,24,25,26,28)/t12?,13?,14?,16-/m0/s1. The monoisotopic (exact) mass is 410 g/mol. The Kier molecular flexibility index (Phi) is 5.48. The Labute approximate surface area is 167 Å². The molecule has 0 bridgehead atoms. The van der Waals surface area contributed by atoms with Crippen LogP contribution in [0.15, 0.2) is 12.4 Å². The second kappa shape index (κ2) is 7.91. The summed E-state index contributed by atoms with van der Waals surface area (Å²) >= 11 is 0. The van der Waals surface area contributed by atoms with Crippen LogP contribution in [0.25, 0.3) is 0 Å². The van der Waals surface area contributed by atoms with Crippen molar-refractivity contribution in [2.45, 2.75) is 56.8 Å². The molecule has 3 aliphatic rings. The maximum absolute atomic E-state index is 14.3. The van der Waals surface area contributed by atoms with E-state index >= 15 is 0 Å². The van der Waals surface area contributed by atoms with Crippen molar-refractivity contribution >= 4 is 17.8 Å². The summed E-state index contributed by atoms with van der Waals surface area (Å²) in [7, 11) is 0. The van der Waals surface area contributed by atoms with E-state index in [0.29, 0.717) is 44.9 Å². The predicted octanol–water partition coefficient (Wildman–Crippen LogP) is 3.05. The number of hydrogen-bond donors (Lipinski definition) is 1. The van der Waals surface area contributed by atoms with Crippen LogP contribution in [0, 0.1) is 23.6 Å². The summed E-state index contributed by atoms with van der Waals surface area (Å²) < 4.78 is 40.6. The first kappa shape index (κ1) is 20.1.